The number of nitrogens with two attached hydrogens (primary N) is 1. The standard InChI is InChI=1S/C12H19N5/c1-9-4-3-5-11(14-9)8-17(2)12(16-13)15-10-6-7-10/h3-5,10H,6-8,13H2,1-2H3,(H,15,16). The molecule has 1 fully saturated rings. The molecule has 17 heavy (non-hydrogen) atoms. The maximum Gasteiger partial charge on any atom is 0.208 e. The highest BCUT2D eigenvalue weighted by atomic mass is 15.4. The van der Waals surface area contributed by atoms with E-state index in [4.69, 9.17) is 5.84 Å². The Kier molecular flexibility index (Phi) is 3.58. The van der Waals surface area contributed by atoms with E-state index in [1.54, 1.807) is 0 Å². The summed E-state index contributed by atoms with van der Waals surface area (Å²) in [5.41, 5.74) is 4.70. The SMILES string of the molecule is Cc1cccc(CN(C)C(=NC2CC2)NN)n1. The Morgan fingerprint density at radius 1 is 1.59 bits per heavy atom. The first-order chi connectivity index (χ1) is 8.19. The van der Waals surface area contributed by atoms with Crippen molar-refractivity contribution in [2.24, 2.45) is 10.8 Å². The van der Waals surface area contributed by atoms with Crippen LogP contribution in [0.1, 0.15) is 24.2 Å². The first kappa shape index (κ1) is 11.9. The normalized spacial score (nSPS) is 15.8. The summed E-state index contributed by atoms with van der Waals surface area (Å²) < 4.78 is 0. The van der Waals surface area contributed by atoms with Crippen molar-refractivity contribution in [2.45, 2.75) is 32.4 Å². The maximum atomic E-state index is 5.49. The van der Waals surface area contributed by atoms with Crippen LogP contribution in [0.4, 0.5) is 0 Å². The maximum absolute atomic E-state index is 5.49. The minimum absolute atomic E-state index is 0.453. The van der Waals surface area contributed by atoms with Crippen LogP contribution in [0.5, 0.6) is 0 Å². The Bertz CT molecular complexity index is 411. The van der Waals surface area contributed by atoms with Gasteiger partial charge in [-0.3, -0.25) is 10.4 Å². The van der Waals surface area contributed by atoms with Crippen molar-refractivity contribution in [3.8, 4) is 0 Å². The Hall–Kier alpha value is -1.62. The van der Waals surface area contributed by atoms with Gasteiger partial charge in [-0.25, -0.2) is 10.8 Å². The van der Waals surface area contributed by atoms with Crippen molar-refractivity contribution in [2.75, 3.05) is 7.05 Å². The van der Waals surface area contributed by atoms with Crippen LogP contribution in [0.15, 0.2) is 23.2 Å². The number of nitrogens with one attached hydrogen (secondary N) is 1. The molecule has 0 saturated heterocycles. The largest absolute Gasteiger partial charge is 0.339 e. The number of aliphatic imine (C=N–C) groups is 1. The number of hydrogen-bond donors (Lipinski definition) is 2. The lowest BCUT2D eigenvalue weighted by molar-refractivity contribution is 0.469. The summed E-state index contributed by atoms with van der Waals surface area (Å²) >= 11 is 0. The van der Waals surface area contributed by atoms with Crippen LogP contribution in [0, 0.1) is 6.92 Å². The number of hydrazine groups is 1. The second kappa shape index (κ2) is 5.14. The monoisotopic (exact) mass is 233 g/mol. The van der Waals surface area contributed by atoms with Crippen LogP contribution in [0.3, 0.4) is 0 Å². The van der Waals surface area contributed by atoms with Crippen molar-refractivity contribution in [1.82, 2.24) is 15.3 Å². The van der Waals surface area contributed by atoms with Crippen LogP contribution < -0.4 is 11.3 Å². The van der Waals surface area contributed by atoms with Gasteiger partial charge in [0.15, 0.2) is 0 Å². The molecule has 1 aromatic rings. The molecule has 1 aliphatic rings. The van der Waals surface area contributed by atoms with Crippen LogP contribution in [-0.4, -0.2) is 28.9 Å². The topological polar surface area (TPSA) is 66.5 Å². The number of aryl methyl sites for hydroxylation is 1. The molecule has 0 radical (unpaired) electrons. The van der Waals surface area contributed by atoms with Gasteiger partial charge in [-0.1, -0.05) is 6.07 Å². The molecule has 1 aliphatic carbocycles. The molecule has 1 aromatic heterocycles. The van der Waals surface area contributed by atoms with Gasteiger partial charge in [-0.15, -0.1) is 0 Å². The van der Waals surface area contributed by atoms with Crippen molar-refractivity contribution in [3.05, 3.63) is 29.6 Å². The van der Waals surface area contributed by atoms with Crippen LogP contribution in [0.25, 0.3) is 0 Å². The van der Waals surface area contributed by atoms with Gasteiger partial charge in [-0.05, 0) is 31.9 Å². The molecule has 0 spiro atoms. The van der Waals surface area contributed by atoms with E-state index in [1.807, 2.05) is 37.1 Å². The molecule has 2 rings (SSSR count). The van der Waals surface area contributed by atoms with Crippen molar-refractivity contribution in [3.63, 3.8) is 0 Å². The third-order valence-corrected chi connectivity index (χ3v) is 2.69. The predicted octanol–water partition coefficient (Wildman–Crippen LogP) is 0.804. The van der Waals surface area contributed by atoms with Crippen LogP contribution in [-0.2, 0) is 6.54 Å². The van der Waals surface area contributed by atoms with Gasteiger partial charge in [0, 0.05) is 12.7 Å². The number of pyridine rings is 1. The van der Waals surface area contributed by atoms with Crippen LogP contribution in [0.2, 0.25) is 0 Å². The number of rotatable bonds is 3. The molecule has 0 atom stereocenters. The van der Waals surface area contributed by atoms with Gasteiger partial charge in [0.25, 0.3) is 0 Å². The van der Waals surface area contributed by atoms with E-state index in [1.165, 1.54) is 12.8 Å². The third kappa shape index (κ3) is 3.42. The van der Waals surface area contributed by atoms with E-state index >= 15 is 0 Å². The van der Waals surface area contributed by atoms with E-state index in [0.29, 0.717) is 12.6 Å². The van der Waals surface area contributed by atoms with Gasteiger partial charge in [0.05, 0.1) is 18.3 Å². The molecule has 1 heterocycles. The van der Waals surface area contributed by atoms with E-state index in [9.17, 15) is 0 Å². The Morgan fingerprint density at radius 2 is 2.35 bits per heavy atom. The van der Waals surface area contributed by atoms with Crippen molar-refractivity contribution in [1.29, 1.82) is 0 Å². The first-order valence-corrected chi connectivity index (χ1v) is 5.87. The lowest BCUT2D eigenvalue weighted by Crippen LogP contribution is -2.42. The lowest BCUT2D eigenvalue weighted by atomic mass is 10.3. The number of nitrogens with zero attached hydrogens (tertiary/aromatic N) is 3. The average Bonchev–Trinajstić information content (AvgIpc) is 3.09. The fraction of sp³-hybridized carbons (Fsp3) is 0.500. The van der Waals surface area contributed by atoms with Gasteiger partial charge in [-0.2, -0.15) is 0 Å². The predicted molar refractivity (Wildman–Crippen MR) is 68.2 cm³/mol. The number of hydrogen-bond acceptors (Lipinski definition) is 3. The van der Waals surface area contributed by atoms with E-state index in [-0.39, 0.29) is 0 Å². The van der Waals surface area contributed by atoms with Crippen molar-refractivity contribution < 1.29 is 0 Å². The molecular weight excluding hydrogens is 214 g/mol. The smallest absolute Gasteiger partial charge is 0.208 e. The highest BCUT2D eigenvalue weighted by Crippen LogP contribution is 2.23. The zero-order valence-corrected chi connectivity index (χ0v) is 10.3. The fourth-order valence-electron chi connectivity index (χ4n) is 1.63. The fourth-order valence-corrected chi connectivity index (χ4v) is 1.63. The Balaban J connectivity index is 2.01. The number of guanidine groups is 1. The van der Waals surface area contributed by atoms with E-state index in [2.05, 4.69) is 15.4 Å². The number of aromatic nitrogens is 1. The molecule has 3 N–H and O–H groups in total. The van der Waals surface area contributed by atoms with Crippen molar-refractivity contribution >= 4 is 5.96 Å². The van der Waals surface area contributed by atoms with Gasteiger partial charge in [0.1, 0.15) is 0 Å². The summed E-state index contributed by atoms with van der Waals surface area (Å²) in [5, 5.41) is 0. The van der Waals surface area contributed by atoms with Crippen LogP contribution >= 0.6 is 0 Å². The molecular formula is C12H19N5. The van der Waals surface area contributed by atoms with E-state index in [0.717, 1.165) is 17.3 Å². The third-order valence-electron chi connectivity index (χ3n) is 2.69. The highest BCUT2D eigenvalue weighted by Gasteiger charge is 2.22. The molecule has 5 nitrogen and oxygen atoms in total. The Labute approximate surface area is 102 Å². The first-order valence-electron chi connectivity index (χ1n) is 5.87. The summed E-state index contributed by atoms with van der Waals surface area (Å²) in [6.07, 6.45) is 2.34. The second-order valence-electron chi connectivity index (χ2n) is 4.45. The van der Waals surface area contributed by atoms with Gasteiger partial charge >= 0.3 is 0 Å². The summed E-state index contributed by atoms with van der Waals surface area (Å²) in [4.78, 5) is 10.9. The molecule has 0 aliphatic heterocycles. The summed E-state index contributed by atoms with van der Waals surface area (Å²) in [5.74, 6) is 6.22. The molecule has 1 saturated carbocycles. The quantitative estimate of drug-likeness (QED) is 0.351. The minimum Gasteiger partial charge on any atom is -0.339 e. The summed E-state index contributed by atoms with van der Waals surface area (Å²) in [6.45, 7) is 2.70. The summed E-state index contributed by atoms with van der Waals surface area (Å²) in [7, 11) is 1.96. The second-order valence-corrected chi connectivity index (χ2v) is 4.45. The van der Waals surface area contributed by atoms with Gasteiger partial charge in [0.2, 0.25) is 5.96 Å². The molecule has 0 amide bonds. The average molecular weight is 233 g/mol. The molecule has 0 unspecified atom stereocenters. The van der Waals surface area contributed by atoms with E-state index < -0.39 is 0 Å². The lowest BCUT2D eigenvalue weighted by Gasteiger charge is -2.20. The molecule has 5 heteroatoms. The Morgan fingerprint density at radius 3 is 2.94 bits per heavy atom. The highest BCUT2D eigenvalue weighted by molar-refractivity contribution is 5.79. The van der Waals surface area contributed by atoms with Gasteiger partial charge < -0.3 is 4.90 Å². The molecule has 92 valence electrons. The zero-order valence-electron chi connectivity index (χ0n) is 10.3. The molecule has 0 bridgehead atoms. The minimum atomic E-state index is 0.453. The molecule has 0 aromatic carbocycles. The summed E-state index contributed by atoms with van der Waals surface area (Å²) in [6, 6.07) is 6.46. The zero-order chi connectivity index (χ0) is 12.3.